The van der Waals surface area contributed by atoms with Crippen LogP contribution < -0.4 is 5.73 Å². The van der Waals surface area contributed by atoms with Crippen LogP contribution in [0, 0.1) is 0 Å². The predicted molar refractivity (Wildman–Crippen MR) is 63.3 cm³/mol. The van der Waals surface area contributed by atoms with Crippen molar-refractivity contribution in [1.29, 1.82) is 0 Å². The minimum atomic E-state index is 0. The number of fused-ring (bicyclic) bond motifs is 1. The number of hydrogen-bond acceptors (Lipinski definition) is 1. The summed E-state index contributed by atoms with van der Waals surface area (Å²) in [5.41, 5.74) is 8.78. The normalized spacial score (nSPS) is 22.7. The summed E-state index contributed by atoms with van der Waals surface area (Å²) in [7, 11) is 0. The minimum absolute atomic E-state index is 0. The highest BCUT2D eigenvalue weighted by molar-refractivity contribution is 6.30. The highest BCUT2D eigenvalue weighted by Crippen LogP contribution is 2.43. The van der Waals surface area contributed by atoms with Crippen LogP contribution in [-0.4, -0.2) is 0 Å². The van der Waals surface area contributed by atoms with Crippen LogP contribution in [-0.2, 0) is 5.41 Å². The molecule has 14 heavy (non-hydrogen) atoms. The fourth-order valence-electron chi connectivity index (χ4n) is 2.21. The molecule has 0 radical (unpaired) electrons. The third-order valence-electron chi connectivity index (χ3n) is 2.87. The number of benzene rings is 1. The van der Waals surface area contributed by atoms with Crippen LogP contribution >= 0.6 is 24.0 Å². The van der Waals surface area contributed by atoms with E-state index in [1.807, 2.05) is 12.1 Å². The van der Waals surface area contributed by atoms with E-state index in [1.165, 1.54) is 11.1 Å². The molecule has 1 aromatic rings. The number of halogens is 2. The number of hydrogen-bond donors (Lipinski definition) is 1. The van der Waals surface area contributed by atoms with Crippen molar-refractivity contribution in [3.05, 3.63) is 34.3 Å². The van der Waals surface area contributed by atoms with Crippen molar-refractivity contribution in [2.24, 2.45) is 5.73 Å². The van der Waals surface area contributed by atoms with E-state index >= 15 is 0 Å². The Balaban J connectivity index is 0.000000980. The maximum atomic E-state index is 6.03. The third kappa shape index (κ3) is 1.77. The van der Waals surface area contributed by atoms with Gasteiger partial charge in [-0.05, 0) is 35.1 Å². The molecule has 2 rings (SSSR count). The molecule has 0 aliphatic heterocycles. The molecule has 1 nitrogen and oxygen atoms in total. The van der Waals surface area contributed by atoms with E-state index in [0.29, 0.717) is 0 Å². The molecule has 0 fully saturated rings. The molecule has 0 bridgehead atoms. The van der Waals surface area contributed by atoms with Gasteiger partial charge in [-0.1, -0.05) is 31.5 Å². The van der Waals surface area contributed by atoms with Gasteiger partial charge in [0.15, 0.2) is 0 Å². The Bertz CT molecular complexity index is 347. The van der Waals surface area contributed by atoms with Gasteiger partial charge in [-0.2, -0.15) is 0 Å². The van der Waals surface area contributed by atoms with Gasteiger partial charge < -0.3 is 5.73 Å². The lowest BCUT2D eigenvalue weighted by atomic mass is 9.86. The Labute approximate surface area is 96.0 Å². The summed E-state index contributed by atoms with van der Waals surface area (Å²) in [6.45, 7) is 4.43. The largest absolute Gasteiger partial charge is 0.324 e. The lowest BCUT2D eigenvalue weighted by molar-refractivity contribution is 0.481. The molecule has 1 aliphatic rings. The van der Waals surface area contributed by atoms with E-state index in [9.17, 15) is 0 Å². The highest BCUT2D eigenvalue weighted by atomic mass is 35.5. The summed E-state index contributed by atoms with van der Waals surface area (Å²) in [5.74, 6) is 0. The van der Waals surface area contributed by atoms with Gasteiger partial charge in [-0.15, -0.1) is 12.4 Å². The lowest BCUT2D eigenvalue weighted by Crippen LogP contribution is -2.14. The molecule has 0 aromatic heterocycles. The van der Waals surface area contributed by atoms with Crippen LogP contribution in [0.5, 0.6) is 0 Å². The van der Waals surface area contributed by atoms with Crippen LogP contribution in [0.4, 0.5) is 0 Å². The van der Waals surface area contributed by atoms with E-state index in [1.54, 1.807) is 0 Å². The molecule has 78 valence electrons. The van der Waals surface area contributed by atoms with Crippen molar-refractivity contribution >= 4 is 24.0 Å². The van der Waals surface area contributed by atoms with Gasteiger partial charge in [0.25, 0.3) is 0 Å². The minimum Gasteiger partial charge on any atom is -0.324 e. The van der Waals surface area contributed by atoms with E-state index in [4.69, 9.17) is 17.3 Å². The standard InChI is InChI=1S/C11H14ClN.ClH/c1-11(2)6-10(13)8-4-3-7(12)5-9(8)11;/h3-5,10H,6,13H2,1-2H3;1H. The lowest BCUT2D eigenvalue weighted by Gasteiger charge is -2.18. The van der Waals surface area contributed by atoms with Crippen molar-refractivity contribution in [2.45, 2.75) is 31.7 Å². The Morgan fingerprint density at radius 3 is 2.71 bits per heavy atom. The summed E-state index contributed by atoms with van der Waals surface area (Å²) < 4.78 is 0. The zero-order chi connectivity index (χ0) is 9.64. The molecule has 1 atom stereocenters. The van der Waals surface area contributed by atoms with E-state index in [-0.39, 0.29) is 23.9 Å². The fourth-order valence-corrected chi connectivity index (χ4v) is 2.38. The van der Waals surface area contributed by atoms with Gasteiger partial charge in [0.1, 0.15) is 0 Å². The van der Waals surface area contributed by atoms with Gasteiger partial charge in [-0.3, -0.25) is 0 Å². The maximum absolute atomic E-state index is 6.03. The van der Waals surface area contributed by atoms with Gasteiger partial charge in [-0.25, -0.2) is 0 Å². The average Bonchev–Trinajstić information content (AvgIpc) is 2.23. The molecule has 0 saturated carbocycles. The summed E-state index contributed by atoms with van der Waals surface area (Å²) in [4.78, 5) is 0. The van der Waals surface area contributed by atoms with Crippen molar-refractivity contribution < 1.29 is 0 Å². The second kappa shape index (κ2) is 3.73. The quantitative estimate of drug-likeness (QED) is 0.728. The second-order valence-corrected chi connectivity index (χ2v) is 4.86. The van der Waals surface area contributed by atoms with Crippen molar-refractivity contribution in [3.63, 3.8) is 0 Å². The first-order chi connectivity index (χ1) is 6.00. The van der Waals surface area contributed by atoms with Crippen LogP contribution in [0.25, 0.3) is 0 Å². The Kier molecular flexibility index (Phi) is 3.15. The van der Waals surface area contributed by atoms with Crippen molar-refractivity contribution in [2.75, 3.05) is 0 Å². The monoisotopic (exact) mass is 231 g/mol. The van der Waals surface area contributed by atoms with Gasteiger partial charge >= 0.3 is 0 Å². The second-order valence-electron chi connectivity index (χ2n) is 4.43. The summed E-state index contributed by atoms with van der Waals surface area (Å²) in [6.07, 6.45) is 1.02. The van der Waals surface area contributed by atoms with Gasteiger partial charge in [0.05, 0.1) is 0 Å². The number of nitrogens with two attached hydrogens (primary N) is 1. The van der Waals surface area contributed by atoms with E-state index in [2.05, 4.69) is 19.9 Å². The fraction of sp³-hybridized carbons (Fsp3) is 0.455. The summed E-state index contributed by atoms with van der Waals surface area (Å²) in [5, 5.41) is 0.806. The molecule has 0 spiro atoms. The maximum Gasteiger partial charge on any atom is 0.0409 e. The summed E-state index contributed by atoms with van der Waals surface area (Å²) in [6, 6.07) is 6.20. The van der Waals surface area contributed by atoms with Gasteiger partial charge in [0.2, 0.25) is 0 Å². The number of rotatable bonds is 0. The van der Waals surface area contributed by atoms with Crippen LogP contribution in [0.2, 0.25) is 5.02 Å². The zero-order valence-electron chi connectivity index (χ0n) is 8.38. The molecule has 1 aliphatic carbocycles. The Hall–Kier alpha value is -0.240. The Morgan fingerprint density at radius 1 is 1.43 bits per heavy atom. The van der Waals surface area contributed by atoms with Crippen molar-refractivity contribution in [1.82, 2.24) is 0 Å². The average molecular weight is 232 g/mol. The molecule has 3 heteroatoms. The highest BCUT2D eigenvalue weighted by Gasteiger charge is 2.34. The molecule has 1 aromatic carbocycles. The van der Waals surface area contributed by atoms with Crippen molar-refractivity contribution in [3.8, 4) is 0 Å². The molecule has 0 amide bonds. The smallest absolute Gasteiger partial charge is 0.0409 e. The molecule has 1 unspecified atom stereocenters. The van der Waals surface area contributed by atoms with Crippen LogP contribution in [0.3, 0.4) is 0 Å². The van der Waals surface area contributed by atoms with Gasteiger partial charge in [0, 0.05) is 11.1 Å². The first-order valence-corrected chi connectivity index (χ1v) is 4.94. The third-order valence-corrected chi connectivity index (χ3v) is 3.11. The first kappa shape index (κ1) is 11.8. The molecule has 0 heterocycles. The van der Waals surface area contributed by atoms with Crippen LogP contribution in [0.1, 0.15) is 37.4 Å². The molecular weight excluding hydrogens is 217 g/mol. The van der Waals surface area contributed by atoms with E-state index in [0.717, 1.165) is 11.4 Å². The first-order valence-electron chi connectivity index (χ1n) is 4.56. The van der Waals surface area contributed by atoms with Crippen LogP contribution in [0.15, 0.2) is 18.2 Å². The molecule has 0 saturated heterocycles. The molecule has 2 N–H and O–H groups in total. The molecular formula is C11H15Cl2N. The predicted octanol–water partition coefficient (Wildman–Crippen LogP) is 3.44. The van der Waals surface area contributed by atoms with E-state index < -0.39 is 0 Å². The zero-order valence-corrected chi connectivity index (χ0v) is 9.95. The summed E-state index contributed by atoms with van der Waals surface area (Å²) >= 11 is 5.96. The SMILES string of the molecule is CC1(C)CC(N)c2ccc(Cl)cc21.Cl. The Morgan fingerprint density at radius 2 is 2.07 bits per heavy atom. The topological polar surface area (TPSA) is 26.0 Å².